The number of anilines is 1. The van der Waals surface area contributed by atoms with Crippen molar-refractivity contribution >= 4 is 29.2 Å². The second-order valence-corrected chi connectivity index (χ2v) is 7.93. The van der Waals surface area contributed by atoms with Crippen molar-refractivity contribution in [3.05, 3.63) is 77.8 Å². The summed E-state index contributed by atoms with van der Waals surface area (Å²) in [6.07, 6.45) is 5.63. The molecule has 1 fully saturated rings. The van der Waals surface area contributed by atoms with Crippen molar-refractivity contribution < 1.29 is 13.9 Å². The lowest BCUT2D eigenvalue weighted by atomic mass is 10.1. The largest absolute Gasteiger partial charge is 0.446 e. The molecule has 1 atom stereocenters. The van der Waals surface area contributed by atoms with Crippen LogP contribution in [0.15, 0.2) is 61.3 Å². The minimum absolute atomic E-state index is 0.125. The molecule has 1 aliphatic rings. The number of carbonyl (C=O) groups is 1. The summed E-state index contributed by atoms with van der Waals surface area (Å²) < 4.78 is 21.7. The Balaban J connectivity index is 1.40. The van der Waals surface area contributed by atoms with Crippen LogP contribution in [0.1, 0.15) is 11.7 Å². The van der Waals surface area contributed by atoms with Gasteiger partial charge in [-0.15, -0.1) is 0 Å². The summed E-state index contributed by atoms with van der Waals surface area (Å²) >= 11 is 5.95. The Bertz CT molecular complexity index is 1520. The highest BCUT2D eigenvalue weighted by atomic mass is 35.5. The normalized spacial score (nSPS) is 15.8. The third-order valence-electron chi connectivity index (χ3n) is 5.50. The highest BCUT2D eigenvalue weighted by Crippen LogP contribution is 2.33. The molecular formula is C22H14ClFN8O2. The Labute approximate surface area is 196 Å². The summed E-state index contributed by atoms with van der Waals surface area (Å²) in [5, 5.41) is 11.3. The van der Waals surface area contributed by atoms with E-state index in [1.807, 2.05) is 0 Å². The van der Waals surface area contributed by atoms with E-state index < -0.39 is 18.0 Å². The summed E-state index contributed by atoms with van der Waals surface area (Å²) in [6, 6.07) is 9.35. The maximum Gasteiger partial charge on any atom is 0.416 e. The number of carbonyl (C=O) groups excluding carboxylic acids is 1. The summed E-state index contributed by atoms with van der Waals surface area (Å²) in [7, 11) is 0. The standard InChI is InChI=1S/C22H14ClFN8O2/c23-13-2-4-17(25-8-13)18-10-34-22(33)32(18)19-5-6-31-21(29-19)15(9-28-31)12-1-3-14(16(24)7-12)20-26-11-27-30-20/h1-9,11,18H,10H2,(H,26,27,30). The number of benzene rings is 1. The molecular weight excluding hydrogens is 463 g/mol. The van der Waals surface area contributed by atoms with Crippen molar-refractivity contribution in [2.24, 2.45) is 0 Å². The van der Waals surface area contributed by atoms with Gasteiger partial charge < -0.3 is 4.74 Å². The molecule has 1 N–H and O–H groups in total. The number of fused-ring (bicyclic) bond motifs is 1. The van der Waals surface area contributed by atoms with E-state index in [0.29, 0.717) is 33.3 Å². The van der Waals surface area contributed by atoms with Gasteiger partial charge in [0, 0.05) is 18.0 Å². The molecule has 1 aromatic carbocycles. The van der Waals surface area contributed by atoms with E-state index >= 15 is 0 Å². The van der Waals surface area contributed by atoms with Gasteiger partial charge >= 0.3 is 6.09 Å². The molecule has 168 valence electrons. The average Bonchev–Trinajstić information content (AvgIpc) is 3.59. The lowest BCUT2D eigenvalue weighted by molar-refractivity contribution is 0.178. The van der Waals surface area contributed by atoms with Crippen molar-refractivity contribution in [3.8, 4) is 22.5 Å². The zero-order valence-electron chi connectivity index (χ0n) is 17.3. The van der Waals surface area contributed by atoms with Gasteiger partial charge in [-0.2, -0.15) is 10.2 Å². The fourth-order valence-corrected chi connectivity index (χ4v) is 3.99. The number of rotatable bonds is 4. The topological polar surface area (TPSA) is 114 Å². The Morgan fingerprint density at radius 2 is 2.03 bits per heavy atom. The van der Waals surface area contributed by atoms with Gasteiger partial charge in [-0.25, -0.2) is 28.6 Å². The van der Waals surface area contributed by atoms with E-state index in [0.717, 1.165) is 0 Å². The third kappa shape index (κ3) is 3.33. The molecule has 0 saturated carbocycles. The average molecular weight is 477 g/mol. The first-order valence-electron chi connectivity index (χ1n) is 10.2. The molecule has 0 aliphatic carbocycles. The van der Waals surface area contributed by atoms with Gasteiger partial charge in [-0.3, -0.25) is 10.1 Å². The number of nitrogens with one attached hydrogen (secondary N) is 1. The van der Waals surface area contributed by atoms with Crippen LogP contribution in [0.2, 0.25) is 5.02 Å². The van der Waals surface area contributed by atoms with Crippen molar-refractivity contribution in [1.29, 1.82) is 0 Å². The van der Waals surface area contributed by atoms with Crippen LogP contribution in [-0.4, -0.2) is 47.5 Å². The lowest BCUT2D eigenvalue weighted by Crippen LogP contribution is -2.28. The van der Waals surface area contributed by atoms with E-state index in [1.165, 1.54) is 23.5 Å². The number of halogens is 2. The Morgan fingerprint density at radius 1 is 1.12 bits per heavy atom. The van der Waals surface area contributed by atoms with Crippen LogP contribution >= 0.6 is 11.6 Å². The number of hydrogen-bond donors (Lipinski definition) is 1. The first-order valence-corrected chi connectivity index (χ1v) is 10.5. The molecule has 5 heterocycles. The Morgan fingerprint density at radius 3 is 2.79 bits per heavy atom. The molecule has 1 amide bonds. The Hall–Kier alpha value is -4.38. The van der Waals surface area contributed by atoms with E-state index in [4.69, 9.17) is 16.3 Å². The van der Waals surface area contributed by atoms with Crippen molar-refractivity contribution in [2.45, 2.75) is 6.04 Å². The summed E-state index contributed by atoms with van der Waals surface area (Å²) in [4.78, 5) is 27.0. The monoisotopic (exact) mass is 476 g/mol. The predicted octanol–water partition coefficient (Wildman–Crippen LogP) is 4.07. The lowest BCUT2D eigenvalue weighted by Gasteiger charge is -2.20. The zero-order chi connectivity index (χ0) is 23.2. The maximum absolute atomic E-state index is 14.8. The molecule has 12 heteroatoms. The van der Waals surface area contributed by atoms with Crippen molar-refractivity contribution in [1.82, 2.24) is 34.8 Å². The molecule has 0 bridgehead atoms. The number of ether oxygens (including phenoxy) is 1. The zero-order valence-corrected chi connectivity index (χ0v) is 18.0. The van der Waals surface area contributed by atoms with Crippen LogP contribution in [0, 0.1) is 5.82 Å². The van der Waals surface area contributed by atoms with Crippen LogP contribution in [0.25, 0.3) is 28.2 Å². The molecule has 1 saturated heterocycles. The molecule has 1 unspecified atom stereocenters. The number of H-pyrrole nitrogens is 1. The van der Waals surface area contributed by atoms with Gasteiger partial charge in [0.25, 0.3) is 0 Å². The molecule has 0 radical (unpaired) electrons. The smallest absolute Gasteiger partial charge is 0.416 e. The minimum Gasteiger partial charge on any atom is -0.446 e. The van der Waals surface area contributed by atoms with Crippen LogP contribution < -0.4 is 4.90 Å². The molecule has 1 aliphatic heterocycles. The first-order chi connectivity index (χ1) is 16.6. The van der Waals surface area contributed by atoms with Gasteiger partial charge in [0.05, 0.1) is 22.5 Å². The van der Waals surface area contributed by atoms with E-state index in [1.54, 1.807) is 47.2 Å². The quantitative estimate of drug-likeness (QED) is 0.416. The molecule has 5 aromatic rings. The number of pyridine rings is 1. The second kappa shape index (κ2) is 7.89. The number of nitrogens with zero attached hydrogens (tertiary/aromatic N) is 7. The number of aromatic nitrogens is 7. The number of cyclic esters (lactones) is 1. The number of aromatic amines is 1. The van der Waals surface area contributed by atoms with Gasteiger partial charge in [0.15, 0.2) is 11.5 Å². The number of amides is 1. The van der Waals surface area contributed by atoms with E-state index in [2.05, 4.69) is 30.2 Å². The number of hydrogen-bond acceptors (Lipinski definition) is 7. The van der Waals surface area contributed by atoms with Crippen LogP contribution in [0.5, 0.6) is 0 Å². The Kier molecular flexibility index (Phi) is 4.69. The molecule has 6 rings (SSSR count). The fourth-order valence-electron chi connectivity index (χ4n) is 3.88. The first kappa shape index (κ1) is 20.2. The van der Waals surface area contributed by atoms with Gasteiger partial charge in [0.2, 0.25) is 0 Å². The van der Waals surface area contributed by atoms with Crippen molar-refractivity contribution in [3.63, 3.8) is 0 Å². The van der Waals surface area contributed by atoms with Crippen molar-refractivity contribution in [2.75, 3.05) is 11.5 Å². The van der Waals surface area contributed by atoms with E-state index in [9.17, 15) is 9.18 Å². The van der Waals surface area contributed by atoms with Gasteiger partial charge in [0.1, 0.15) is 30.6 Å². The highest BCUT2D eigenvalue weighted by Gasteiger charge is 2.37. The molecule has 4 aromatic heterocycles. The second-order valence-electron chi connectivity index (χ2n) is 7.49. The summed E-state index contributed by atoms with van der Waals surface area (Å²) in [5.41, 5.74) is 2.50. The maximum atomic E-state index is 14.8. The minimum atomic E-state index is -0.540. The van der Waals surface area contributed by atoms with E-state index in [-0.39, 0.29) is 18.0 Å². The van der Waals surface area contributed by atoms with Crippen LogP contribution in [-0.2, 0) is 4.74 Å². The van der Waals surface area contributed by atoms with Crippen LogP contribution in [0.4, 0.5) is 15.0 Å². The molecule has 10 nitrogen and oxygen atoms in total. The predicted molar refractivity (Wildman–Crippen MR) is 120 cm³/mol. The van der Waals surface area contributed by atoms with Crippen LogP contribution in [0.3, 0.4) is 0 Å². The summed E-state index contributed by atoms with van der Waals surface area (Å²) in [5.74, 6) is 0.139. The highest BCUT2D eigenvalue weighted by molar-refractivity contribution is 6.30. The van der Waals surface area contributed by atoms with Gasteiger partial charge in [-0.05, 0) is 35.9 Å². The fraction of sp³-hybridized carbons (Fsp3) is 0.0909. The van der Waals surface area contributed by atoms with Gasteiger partial charge in [-0.1, -0.05) is 17.7 Å². The summed E-state index contributed by atoms with van der Waals surface area (Å²) in [6.45, 7) is 0.125. The molecule has 34 heavy (non-hydrogen) atoms. The SMILES string of the molecule is O=C1OCC(c2ccc(Cl)cn2)N1c1ccn2ncc(-c3ccc(-c4nc[nH]n4)c(F)c3)c2n1. The third-order valence-corrected chi connectivity index (χ3v) is 5.73. The molecule has 0 spiro atoms.